The monoisotopic (exact) mass is 378 g/mol. The standard InChI is InChI=1S/C18H22N2O3S2/c1-13-7-8-16(14(2)11-13)19-18(21)15-5-3-9-20(12-15)25(22,23)17-6-4-10-24-17/h4,6-8,10-11,15H,3,5,9,12H2,1-2H3,(H,19,21). The zero-order valence-electron chi connectivity index (χ0n) is 14.4. The Labute approximate surface area is 152 Å². The fraction of sp³-hybridized carbons (Fsp3) is 0.389. The number of nitrogens with one attached hydrogen (secondary N) is 1. The van der Waals surface area contributed by atoms with Crippen LogP contribution in [0.1, 0.15) is 24.0 Å². The van der Waals surface area contributed by atoms with Gasteiger partial charge in [0.2, 0.25) is 5.91 Å². The van der Waals surface area contributed by atoms with Gasteiger partial charge >= 0.3 is 0 Å². The molecule has 1 aromatic carbocycles. The van der Waals surface area contributed by atoms with E-state index in [0.717, 1.165) is 16.8 Å². The van der Waals surface area contributed by atoms with Gasteiger partial charge in [0.25, 0.3) is 10.0 Å². The third-order valence-corrected chi connectivity index (χ3v) is 7.72. The predicted molar refractivity (Wildman–Crippen MR) is 100 cm³/mol. The molecule has 2 aromatic rings. The number of thiophene rings is 1. The van der Waals surface area contributed by atoms with E-state index in [9.17, 15) is 13.2 Å². The van der Waals surface area contributed by atoms with Gasteiger partial charge in [0.05, 0.1) is 5.92 Å². The Morgan fingerprint density at radius 1 is 1.28 bits per heavy atom. The Kier molecular flexibility index (Phi) is 5.27. The molecule has 1 aliphatic rings. The number of nitrogens with zero attached hydrogens (tertiary/aromatic N) is 1. The highest BCUT2D eigenvalue weighted by molar-refractivity contribution is 7.91. The number of carbonyl (C=O) groups excluding carboxylic acids is 1. The molecule has 0 spiro atoms. The third-order valence-electron chi connectivity index (χ3n) is 4.48. The van der Waals surface area contributed by atoms with Crippen molar-refractivity contribution in [3.63, 3.8) is 0 Å². The molecule has 0 aliphatic carbocycles. The summed E-state index contributed by atoms with van der Waals surface area (Å²) >= 11 is 1.21. The lowest BCUT2D eigenvalue weighted by molar-refractivity contribution is -0.120. The lowest BCUT2D eigenvalue weighted by Gasteiger charge is -2.30. The fourth-order valence-corrected chi connectivity index (χ4v) is 5.77. The average Bonchev–Trinajstić information content (AvgIpc) is 3.13. The van der Waals surface area contributed by atoms with Crippen molar-refractivity contribution >= 4 is 33.0 Å². The number of piperidine rings is 1. The van der Waals surface area contributed by atoms with Crippen LogP contribution in [0.4, 0.5) is 5.69 Å². The van der Waals surface area contributed by atoms with Crippen LogP contribution in [0.2, 0.25) is 0 Å². The molecule has 1 fully saturated rings. The molecule has 1 atom stereocenters. The first-order chi connectivity index (χ1) is 11.9. The normalized spacial score (nSPS) is 18.9. The minimum Gasteiger partial charge on any atom is -0.326 e. The molecule has 1 amide bonds. The van der Waals surface area contributed by atoms with Gasteiger partial charge in [-0.15, -0.1) is 11.3 Å². The van der Waals surface area contributed by atoms with E-state index >= 15 is 0 Å². The summed E-state index contributed by atoms with van der Waals surface area (Å²) < 4.78 is 27.1. The van der Waals surface area contributed by atoms with Crippen molar-refractivity contribution < 1.29 is 13.2 Å². The molecule has 1 aromatic heterocycles. The Bertz CT molecular complexity index is 860. The maximum Gasteiger partial charge on any atom is 0.252 e. The van der Waals surface area contributed by atoms with Gasteiger partial charge in [-0.3, -0.25) is 4.79 Å². The molecule has 0 saturated carbocycles. The van der Waals surface area contributed by atoms with Crippen LogP contribution < -0.4 is 5.32 Å². The molecule has 0 radical (unpaired) electrons. The number of benzene rings is 1. The molecule has 2 heterocycles. The van der Waals surface area contributed by atoms with E-state index < -0.39 is 10.0 Å². The van der Waals surface area contributed by atoms with Gasteiger partial charge in [-0.25, -0.2) is 8.42 Å². The van der Waals surface area contributed by atoms with Crippen LogP contribution in [0.5, 0.6) is 0 Å². The molecule has 134 valence electrons. The van der Waals surface area contributed by atoms with Crippen molar-refractivity contribution in [2.45, 2.75) is 30.9 Å². The van der Waals surface area contributed by atoms with Crippen LogP contribution in [0.3, 0.4) is 0 Å². The van der Waals surface area contributed by atoms with Crippen molar-refractivity contribution in [2.75, 3.05) is 18.4 Å². The number of rotatable bonds is 4. The van der Waals surface area contributed by atoms with Crippen LogP contribution in [0.15, 0.2) is 39.9 Å². The van der Waals surface area contributed by atoms with Crippen molar-refractivity contribution in [3.05, 3.63) is 46.8 Å². The van der Waals surface area contributed by atoms with Gasteiger partial charge in [0, 0.05) is 18.8 Å². The fourth-order valence-electron chi connectivity index (χ4n) is 3.10. The second-order valence-corrected chi connectivity index (χ2v) is 9.55. The van der Waals surface area contributed by atoms with Gasteiger partial charge in [0.15, 0.2) is 0 Å². The van der Waals surface area contributed by atoms with Crippen LogP contribution in [0, 0.1) is 19.8 Å². The highest BCUT2D eigenvalue weighted by Gasteiger charge is 2.33. The SMILES string of the molecule is Cc1ccc(NC(=O)C2CCCN(S(=O)(=O)c3cccs3)C2)c(C)c1. The minimum absolute atomic E-state index is 0.113. The van der Waals surface area contributed by atoms with Crippen molar-refractivity contribution in [1.29, 1.82) is 0 Å². The molecular formula is C18H22N2O3S2. The molecule has 7 heteroatoms. The van der Waals surface area contributed by atoms with Crippen molar-refractivity contribution in [3.8, 4) is 0 Å². The smallest absolute Gasteiger partial charge is 0.252 e. The summed E-state index contributed by atoms with van der Waals surface area (Å²) in [7, 11) is -3.50. The first-order valence-corrected chi connectivity index (χ1v) is 10.6. The van der Waals surface area contributed by atoms with Crippen LogP contribution >= 0.6 is 11.3 Å². The highest BCUT2D eigenvalue weighted by Crippen LogP contribution is 2.27. The number of hydrogen-bond donors (Lipinski definition) is 1. The molecule has 3 rings (SSSR count). The molecule has 25 heavy (non-hydrogen) atoms. The van der Waals surface area contributed by atoms with E-state index in [4.69, 9.17) is 0 Å². The zero-order chi connectivity index (χ0) is 18.0. The van der Waals surface area contributed by atoms with Gasteiger partial charge < -0.3 is 5.32 Å². The van der Waals surface area contributed by atoms with Gasteiger partial charge in [0.1, 0.15) is 4.21 Å². The number of carbonyl (C=O) groups is 1. The molecule has 1 unspecified atom stereocenters. The number of amides is 1. The Morgan fingerprint density at radius 2 is 2.08 bits per heavy atom. The van der Waals surface area contributed by atoms with Crippen LogP contribution in [-0.2, 0) is 14.8 Å². The first kappa shape index (κ1) is 18.1. The second-order valence-electron chi connectivity index (χ2n) is 6.44. The quantitative estimate of drug-likeness (QED) is 0.887. The maximum atomic E-state index is 12.7. The minimum atomic E-state index is -3.50. The molecule has 5 nitrogen and oxygen atoms in total. The predicted octanol–water partition coefficient (Wildman–Crippen LogP) is 3.40. The van der Waals surface area contributed by atoms with Crippen molar-refractivity contribution in [2.24, 2.45) is 5.92 Å². The van der Waals surface area contributed by atoms with Gasteiger partial charge in [-0.1, -0.05) is 23.8 Å². The summed E-state index contributed by atoms with van der Waals surface area (Å²) in [4.78, 5) is 12.6. The summed E-state index contributed by atoms with van der Waals surface area (Å²) in [6, 6.07) is 9.21. The van der Waals surface area contributed by atoms with E-state index in [1.165, 1.54) is 15.6 Å². The van der Waals surface area contributed by atoms with Crippen LogP contribution in [-0.4, -0.2) is 31.7 Å². The molecular weight excluding hydrogens is 356 g/mol. The summed E-state index contributed by atoms with van der Waals surface area (Å²) in [6.07, 6.45) is 1.39. The zero-order valence-corrected chi connectivity index (χ0v) is 16.0. The van der Waals surface area contributed by atoms with E-state index in [-0.39, 0.29) is 18.4 Å². The second kappa shape index (κ2) is 7.27. The van der Waals surface area contributed by atoms with Crippen molar-refractivity contribution in [1.82, 2.24) is 4.31 Å². The lowest BCUT2D eigenvalue weighted by Crippen LogP contribution is -2.43. The molecule has 1 aliphatic heterocycles. The summed E-state index contributed by atoms with van der Waals surface area (Å²) in [5, 5.41) is 4.71. The summed E-state index contributed by atoms with van der Waals surface area (Å²) in [5.41, 5.74) is 2.93. The molecule has 1 saturated heterocycles. The Hall–Kier alpha value is -1.70. The number of sulfonamides is 1. The maximum absolute atomic E-state index is 12.7. The van der Waals surface area contributed by atoms with E-state index in [2.05, 4.69) is 5.32 Å². The molecule has 0 bridgehead atoms. The highest BCUT2D eigenvalue weighted by atomic mass is 32.2. The molecule has 1 N–H and O–H groups in total. The third kappa shape index (κ3) is 3.94. The number of anilines is 1. The summed E-state index contributed by atoms with van der Waals surface area (Å²) in [5.74, 6) is -0.442. The van der Waals surface area contributed by atoms with Gasteiger partial charge in [-0.05, 0) is 49.8 Å². The Morgan fingerprint density at radius 3 is 2.76 bits per heavy atom. The largest absolute Gasteiger partial charge is 0.326 e. The first-order valence-electron chi connectivity index (χ1n) is 8.29. The number of aryl methyl sites for hydroxylation is 2. The van der Waals surface area contributed by atoms with Gasteiger partial charge in [-0.2, -0.15) is 4.31 Å². The van der Waals surface area contributed by atoms with E-state index in [1.54, 1.807) is 17.5 Å². The van der Waals surface area contributed by atoms with E-state index in [1.807, 2.05) is 32.0 Å². The van der Waals surface area contributed by atoms with E-state index in [0.29, 0.717) is 23.6 Å². The number of hydrogen-bond acceptors (Lipinski definition) is 4. The lowest BCUT2D eigenvalue weighted by atomic mass is 9.98. The Balaban J connectivity index is 1.72. The van der Waals surface area contributed by atoms with Crippen LogP contribution in [0.25, 0.3) is 0 Å². The average molecular weight is 379 g/mol. The summed E-state index contributed by atoms with van der Waals surface area (Å²) in [6.45, 7) is 4.66. The topological polar surface area (TPSA) is 66.5 Å².